The number of allylic oxidation sites excluding steroid dienone is 2. The first-order valence-electron chi connectivity index (χ1n) is 8.15. The maximum atomic E-state index is 12.1. The molecule has 118 valence electrons. The second-order valence-corrected chi connectivity index (χ2v) is 7.61. The smallest absolute Gasteiger partial charge is 0.163 e. The Morgan fingerprint density at radius 2 is 2.19 bits per heavy atom. The van der Waals surface area contributed by atoms with E-state index in [0.29, 0.717) is 18.1 Å². The molecule has 1 fully saturated rings. The second-order valence-electron chi connectivity index (χ2n) is 7.61. The quantitative estimate of drug-likeness (QED) is 0.790. The maximum Gasteiger partial charge on any atom is 0.163 e. The molecular formula is C18H28O3. The van der Waals surface area contributed by atoms with Crippen LogP contribution in [0.4, 0.5) is 0 Å². The van der Waals surface area contributed by atoms with E-state index in [-0.39, 0.29) is 17.1 Å². The van der Waals surface area contributed by atoms with E-state index in [9.17, 15) is 14.7 Å². The van der Waals surface area contributed by atoms with E-state index in [2.05, 4.69) is 19.9 Å². The summed E-state index contributed by atoms with van der Waals surface area (Å²) in [6.45, 7) is 7.47. The molecule has 0 heterocycles. The van der Waals surface area contributed by atoms with Crippen molar-refractivity contribution in [3.8, 4) is 0 Å². The molecule has 0 spiro atoms. The molecule has 0 aliphatic heterocycles. The molecule has 3 heteroatoms. The zero-order valence-electron chi connectivity index (χ0n) is 13.7. The molecule has 1 N–H and O–H groups in total. The summed E-state index contributed by atoms with van der Waals surface area (Å²) in [5, 5.41) is 9.73. The molecule has 3 nitrogen and oxygen atoms in total. The third kappa shape index (κ3) is 3.13. The molecule has 0 unspecified atom stereocenters. The monoisotopic (exact) mass is 292 g/mol. The third-order valence-electron chi connectivity index (χ3n) is 5.53. The standard InChI is InChI=1S/C18H28O3/c1-12(7-10-16(20)17(2,3)21)13-8-9-14-15(19)6-5-11-18(13,14)4/h8,12,14,21H,5-7,9-11H2,1-4H3/t12-,14+,18-/m1/s1. The molecule has 0 saturated heterocycles. The van der Waals surface area contributed by atoms with Crippen LogP contribution in [0.2, 0.25) is 0 Å². The van der Waals surface area contributed by atoms with Crippen LogP contribution in [-0.4, -0.2) is 22.3 Å². The molecule has 21 heavy (non-hydrogen) atoms. The van der Waals surface area contributed by atoms with Gasteiger partial charge in [0.05, 0.1) is 0 Å². The largest absolute Gasteiger partial charge is 0.383 e. The number of Topliss-reactive ketones (excluding diaryl/α,β-unsaturated/α-hetero) is 2. The summed E-state index contributed by atoms with van der Waals surface area (Å²) in [4.78, 5) is 24.0. The first-order chi connectivity index (χ1) is 9.66. The zero-order chi connectivity index (χ0) is 15.8. The van der Waals surface area contributed by atoms with Crippen LogP contribution in [0.15, 0.2) is 11.6 Å². The van der Waals surface area contributed by atoms with E-state index >= 15 is 0 Å². The van der Waals surface area contributed by atoms with Crippen LogP contribution < -0.4 is 0 Å². The summed E-state index contributed by atoms with van der Waals surface area (Å²) >= 11 is 0. The van der Waals surface area contributed by atoms with Gasteiger partial charge in [0, 0.05) is 18.8 Å². The van der Waals surface area contributed by atoms with E-state index < -0.39 is 5.60 Å². The van der Waals surface area contributed by atoms with Gasteiger partial charge in [0.15, 0.2) is 5.78 Å². The van der Waals surface area contributed by atoms with Crippen LogP contribution >= 0.6 is 0 Å². The van der Waals surface area contributed by atoms with Gasteiger partial charge in [0.25, 0.3) is 0 Å². The Kier molecular flexibility index (Phi) is 4.44. The topological polar surface area (TPSA) is 54.4 Å². The Balaban J connectivity index is 2.02. The number of hydrogen-bond donors (Lipinski definition) is 1. The average Bonchev–Trinajstić information content (AvgIpc) is 2.73. The number of ketones is 2. The minimum Gasteiger partial charge on any atom is -0.383 e. The van der Waals surface area contributed by atoms with Crippen molar-refractivity contribution in [1.29, 1.82) is 0 Å². The zero-order valence-corrected chi connectivity index (χ0v) is 13.7. The Morgan fingerprint density at radius 1 is 1.52 bits per heavy atom. The highest BCUT2D eigenvalue weighted by Gasteiger charge is 2.47. The molecule has 3 atom stereocenters. The van der Waals surface area contributed by atoms with E-state index in [1.165, 1.54) is 5.57 Å². The summed E-state index contributed by atoms with van der Waals surface area (Å²) in [7, 11) is 0. The molecular weight excluding hydrogens is 264 g/mol. The van der Waals surface area contributed by atoms with Crippen molar-refractivity contribution in [2.24, 2.45) is 17.3 Å². The van der Waals surface area contributed by atoms with Crippen molar-refractivity contribution in [1.82, 2.24) is 0 Å². The maximum absolute atomic E-state index is 12.1. The van der Waals surface area contributed by atoms with E-state index in [1.807, 2.05) is 0 Å². The summed E-state index contributed by atoms with van der Waals surface area (Å²) < 4.78 is 0. The molecule has 2 aliphatic carbocycles. The molecule has 2 aliphatic rings. The fourth-order valence-electron chi connectivity index (χ4n) is 4.12. The fourth-order valence-corrected chi connectivity index (χ4v) is 4.12. The second kappa shape index (κ2) is 5.68. The fraction of sp³-hybridized carbons (Fsp3) is 0.778. The van der Waals surface area contributed by atoms with Crippen LogP contribution in [-0.2, 0) is 9.59 Å². The van der Waals surface area contributed by atoms with Gasteiger partial charge >= 0.3 is 0 Å². The predicted octanol–water partition coefficient (Wildman–Crippen LogP) is 3.45. The SMILES string of the molecule is C[C@H](CCC(=O)C(C)(C)O)C1=CC[C@H]2C(=O)CCC[C@]12C. The highest BCUT2D eigenvalue weighted by molar-refractivity contribution is 5.86. The Labute approximate surface area is 127 Å². The van der Waals surface area contributed by atoms with Crippen molar-refractivity contribution in [2.45, 2.75) is 71.8 Å². The van der Waals surface area contributed by atoms with Crippen LogP contribution in [0.3, 0.4) is 0 Å². The molecule has 0 aromatic heterocycles. The van der Waals surface area contributed by atoms with Gasteiger partial charge in [-0.25, -0.2) is 0 Å². The number of carbonyl (C=O) groups excluding carboxylic acids is 2. The molecule has 0 aromatic carbocycles. The first kappa shape index (κ1) is 16.4. The summed E-state index contributed by atoms with van der Waals surface area (Å²) in [6, 6.07) is 0. The average molecular weight is 292 g/mol. The van der Waals surface area contributed by atoms with Crippen molar-refractivity contribution < 1.29 is 14.7 Å². The number of aliphatic hydroxyl groups is 1. The summed E-state index contributed by atoms with van der Waals surface area (Å²) in [5.74, 6) is 0.773. The van der Waals surface area contributed by atoms with Crippen LogP contribution in [0.25, 0.3) is 0 Å². The lowest BCUT2D eigenvalue weighted by Gasteiger charge is -2.40. The van der Waals surface area contributed by atoms with Gasteiger partial charge in [0.1, 0.15) is 11.4 Å². The summed E-state index contributed by atoms with van der Waals surface area (Å²) in [6.07, 6.45) is 7.06. The molecule has 2 rings (SSSR count). The van der Waals surface area contributed by atoms with Gasteiger partial charge in [-0.05, 0) is 50.9 Å². The normalized spacial score (nSPS) is 30.8. The highest BCUT2D eigenvalue weighted by Crippen LogP contribution is 2.53. The Bertz CT molecular complexity index is 469. The number of hydrogen-bond acceptors (Lipinski definition) is 3. The molecule has 0 bridgehead atoms. The molecule has 0 aromatic rings. The van der Waals surface area contributed by atoms with Gasteiger partial charge in [-0.3, -0.25) is 9.59 Å². The Morgan fingerprint density at radius 3 is 2.81 bits per heavy atom. The minimum absolute atomic E-state index is 0.00648. The molecule has 0 amide bonds. The summed E-state index contributed by atoms with van der Waals surface area (Å²) in [5.41, 5.74) is 0.132. The van der Waals surface area contributed by atoms with Crippen molar-refractivity contribution in [2.75, 3.05) is 0 Å². The van der Waals surface area contributed by atoms with E-state index in [0.717, 1.165) is 32.1 Å². The van der Waals surface area contributed by atoms with Crippen molar-refractivity contribution >= 4 is 11.6 Å². The van der Waals surface area contributed by atoms with Gasteiger partial charge in [-0.1, -0.05) is 25.5 Å². The van der Waals surface area contributed by atoms with E-state index in [1.54, 1.807) is 13.8 Å². The number of carbonyl (C=O) groups is 2. The van der Waals surface area contributed by atoms with Crippen LogP contribution in [0, 0.1) is 17.3 Å². The van der Waals surface area contributed by atoms with Crippen molar-refractivity contribution in [3.63, 3.8) is 0 Å². The van der Waals surface area contributed by atoms with Crippen LogP contribution in [0.5, 0.6) is 0 Å². The first-order valence-corrected chi connectivity index (χ1v) is 8.15. The third-order valence-corrected chi connectivity index (χ3v) is 5.53. The Hall–Kier alpha value is -0.960. The lowest BCUT2D eigenvalue weighted by molar-refractivity contribution is -0.134. The van der Waals surface area contributed by atoms with Gasteiger partial charge in [0.2, 0.25) is 0 Å². The molecule has 1 saturated carbocycles. The van der Waals surface area contributed by atoms with E-state index in [4.69, 9.17) is 0 Å². The molecule has 0 radical (unpaired) electrons. The van der Waals surface area contributed by atoms with Gasteiger partial charge in [-0.15, -0.1) is 0 Å². The lowest BCUT2D eigenvalue weighted by atomic mass is 9.63. The van der Waals surface area contributed by atoms with Crippen LogP contribution in [0.1, 0.15) is 66.2 Å². The van der Waals surface area contributed by atoms with Crippen molar-refractivity contribution in [3.05, 3.63) is 11.6 Å². The minimum atomic E-state index is -1.24. The number of fused-ring (bicyclic) bond motifs is 1. The predicted molar refractivity (Wildman–Crippen MR) is 82.9 cm³/mol. The highest BCUT2D eigenvalue weighted by atomic mass is 16.3. The van der Waals surface area contributed by atoms with Gasteiger partial charge in [-0.2, -0.15) is 0 Å². The van der Waals surface area contributed by atoms with Gasteiger partial charge < -0.3 is 5.11 Å². The number of rotatable bonds is 5. The lowest BCUT2D eigenvalue weighted by Crippen LogP contribution is -2.37.